The fraction of sp³-hybridized carbons (Fsp3) is 0.118. The molecule has 0 atom stereocenters. The third-order valence-electron chi connectivity index (χ3n) is 3.47. The molecule has 0 aliphatic heterocycles. The van der Waals surface area contributed by atoms with Gasteiger partial charge in [0.2, 0.25) is 0 Å². The van der Waals surface area contributed by atoms with Crippen molar-refractivity contribution in [2.24, 2.45) is 0 Å². The molecule has 1 aromatic carbocycles. The van der Waals surface area contributed by atoms with Crippen LogP contribution in [-0.4, -0.2) is 23.0 Å². The third kappa shape index (κ3) is 3.00. The van der Waals surface area contributed by atoms with Crippen LogP contribution in [0.4, 0.5) is 15.8 Å². The minimum atomic E-state index is -0.582. The molecule has 0 fully saturated rings. The van der Waals surface area contributed by atoms with Crippen molar-refractivity contribution in [2.75, 3.05) is 12.4 Å². The number of carbonyl (C=O) groups is 1. The number of benzene rings is 1. The van der Waals surface area contributed by atoms with Crippen molar-refractivity contribution in [2.45, 2.75) is 6.92 Å². The Morgan fingerprint density at radius 2 is 2.08 bits per heavy atom. The Bertz CT molecular complexity index is 947. The summed E-state index contributed by atoms with van der Waals surface area (Å²) in [6.07, 6.45) is 1.36. The zero-order valence-corrected chi connectivity index (χ0v) is 13.7. The smallest absolute Gasteiger partial charge is 0.341 e. The van der Waals surface area contributed by atoms with Gasteiger partial charge >= 0.3 is 5.97 Å². The monoisotopic (exact) mass is 345 g/mol. The number of methoxy groups -OCH3 is 1. The Morgan fingerprint density at radius 1 is 1.29 bits per heavy atom. The molecule has 2 aromatic heterocycles. The highest BCUT2D eigenvalue weighted by Gasteiger charge is 2.18. The maximum Gasteiger partial charge on any atom is 0.341 e. The zero-order valence-electron chi connectivity index (χ0n) is 12.9. The number of hydrogen-bond donors (Lipinski definition) is 1. The number of nitrogens with zero attached hydrogens (tertiary/aromatic N) is 2. The Balaban J connectivity index is 2.20. The summed E-state index contributed by atoms with van der Waals surface area (Å²) >= 11 is 5.77. The highest BCUT2D eigenvalue weighted by Crippen LogP contribution is 2.31. The number of anilines is 2. The summed E-state index contributed by atoms with van der Waals surface area (Å²) in [7, 11) is 1.27. The average Bonchev–Trinajstić information content (AvgIpc) is 2.56. The molecule has 5 nitrogen and oxygen atoms in total. The van der Waals surface area contributed by atoms with Gasteiger partial charge in [0.25, 0.3) is 0 Å². The summed E-state index contributed by atoms with van der Waals surface area (Å²) in [5.41, 5.74) is 1.96. The van der Waals surface area contributed by atoms with Crippen LogP contribution in [-0.2, 0) is 4.74 Å². The Hall–Kier alpha value is -2.73. The zero-order chi connectivity index (χ0) is 17.3. The number of halogens is 2. The van der Waals surface area contributed by atoms with E-state index in [0.29, 0.717) is 16.7 Å². The first kappa shape index (κ1) is 16.1. The largest absolute Gasteiger partial charge is 0.465 e. The van der Waals surface area contributed by atoms with Crippen molar-refractivity contribution in [1.29, 1.82) is 0 Å². The lowest BCUT2D eigenvalue weighted by atomic mass is 10.1. The first-order valence-electron chi connectivity index (χ1n) is 7.06. The average molecular weight is 346 g/mol. The van der Waals surface area contributed by atoms with Crippen molar-refractivity contribution >= 4 is 40.0 Å². The van der Waals surface area contributed by atoms with Crippen LogP contribution in [0.25, 0.3) is 11.0 Å². The normalized spacial score (nSPS) is 10.7. The number of esters is 1. The number of pyridine rings is 2. The molecular weight excluding hydrogens is 333 g/mol. The molecule has 0 saturated heterocycles. The third-order valence-corrected chi connectivity index (χ3v) is 3.70. The van der Waals surface area contributed by atoms with Crippen molar-refractivity contribution in [3.8, 4) is 0 Å². The van der Waals surface area contributed by atoms with E-state index in [1.165, 1.54) is 25.4 Å². The van der Waals surface area contributed by atoms with Gasteiger partial charge in [0.05, 0.1) is 18.5 Å². The highest BCUT2D eigenvalue weighted by molar-refractivity contribution is 6.30. The van der Waals surface area contributed by atoms with E-state index in [1.807, 2.05) is 6.92 Å². The quantitative estimate of drug-likeness (QED) is 0.718. The highest BCUT2D eigenvalue weighted by atomic mass is 35.5. The van der Waals surface area contributed by atoms with Crippen LogP contribution >= 0.6 is 11.6 Å². The molecule has 0 radical (unpaired) electrons. The van der Waals surface area contributed by atoms with E-state index >= 15 is 0 Å². The van der Waals surface area contributed by atoms with Gasteiger partial charge in [-0.25, -0.2) is 19.2 Å². The first-order valence-corrected chi connectivity index (χ1v) is 7.44. The number of nitrogens with one attached hydrogen (secondary N) is 1. The van der Waals surface area contributed by atoms with Crippen LogP contribution in [0.3, 0.4) is 0 Å². The number of fused-ring (bicyclic) bond motifs is 1. The molecule has 0 saturated carbocycles. The van der Waals surface area contributed by atoms with E-state index in [-0.39, 0.29) is 16.3 Å². The number of carbonyl (C=O) groups excluding carboxylic acids is 1. The molecule has 3 aromatic rings. The maximum atomic E-state index is 14.1. The summed E-state index contributed by atoms with van der Waals surface area (Å²) in [4.78, 5) is 20.5. The standard InChI is InChI=1S/C17H13ClFN3O2/c1-9-3-5-11-15(22-14-6-4-10(18)7-13(14)19)12(17(23)24-2)8-20-16(11)21-9/h3-8H,1-2H3,(H,20,21,22). The predicted molar refractivity (Wildman–Crippen MR) is 90.3 cm³/mol. The molecular formula is C17H13ClFN3O2. The van der Waals surface area contributed by atoms with Gasteiger partial charge in [-0.2, -0.15) is 0 Å². The maximum absolute atomic E-state index is 14.1. The SMILES string of the molecule is COC(=O)c1cnc2nc(C)ccc2c1Nc1ccc(Cl)cc1F. The lowest BCUT2D eigenvalue weighted by molar-refractivity contribution is 0.0601. The van der Waals surface area contributed by atoms with E-state index in [0.717, 1.165) is 5.69 Å². The number of aryl methyl sites for hydroxylation is 1. The molecule has 2 heterocycles. The van der Waals surface area contributed by atoms with Crippen LogP contribution in [0.2, 0.25) is 5.02 Å². The first-order chi connectivity index (χ1) is 11.5. The minimum Gasteiger partial charge on any atom is -0.465 e. The molecule has 0 spiro atoms. The summed E-state index contributed by atoms with van der Waals surface area (Å²) in [6.45, 7) is 1.83. The molecule has 7 heteroatoms. The molecule has 0 bridgehead atoms. The second-order valence-corrected chi connectivity index (χ2v) is 5.55. The molecule has 0 unspecified atom stereocenters. The summed E-state index contributed by atoms with van der Waals surface area (Å²) in [5, 5.41) is 3.79. The van der Waals surface area contributed by atoms with Crippen molar-refractivity contribution in [3.05, 3.63) is 58.6 Å². The second kappa shape index (κ2) is 6.41. The second-order valence-electron chi connectivity index (χ2n) is 5.11. The summed E-state index contributed by atoms with van der Waals surface area (Å²) < 4.78 is 18.9. The van der Waals surface area contributed by atoms with Crippen molar-refractivity contribution < 1.29 is 13.9 Å². The van der Waals surface area contributed by atoms with E-state index in [9.17, 15) is 9.18 Å². The molecule has 0 aliphatic rings. The van der Waals surface area contributed by atoms with E-state index in [1.54, 1.807) is 18.2 Å². The predicted octanol–water partition coefficient (Wildman–Crippen LogP) is 4.26. The van der Waals surface area contributed by atoms with Crippen molar-refractivity contribution in [1.82, 2.24) is 9.97 Å². The lowest BCUT2D eigenvalue weighted by Crippen LogP contribution is -2.08. The van der Waals surface area contributed by atoms with Gasteiger partial charge in [-0.1, -0.05) is 11.6 Å². The van der Waals surface area contributed by atoms with Gasteiger partial charge in [-0.05, 0) is 37.3 Å². The Morgan fingerprint density at radius 3 is 2.79 bits per heavy atom. The fourth-order valence-electron chi connectivity index (χ4n) is 2.30. The van der Waals surface area contributed by atoms with Crippen LogP contribution in [0.5, 0.6) is 0 Å². The van der Waals surface area contributed by atoms with Gasteiger partial charge in [-0.3, -0.25) is 0 Å². The van der Waals surface area contributed by atoms with Crippen LogP contribution in [0.1, 0.15) is 16.1 Å². The van der Waals surface area contributed by atoms with Crippen LogP contribution in [0, 0.1) is 12.7 Å². The Labute approximate surface area is 142 Å². The number of aromatic nitrogens is 2. The summed E-state index contributed by atoms with van der Waals surface area (Å²) in [6, 6.07) is 7.79. The molecule has 122 valence electrons. The number of hydrogen-bond acceptors (Lipinski definition) is 5. The molecule has 3 rings (SSSR count). The summed E-state index contributed by atoms with van der Waals surface area (Å²) in [5.74, 6) is -1.12. The van der Waals surface area contributed by atoms with Gasteiger partial charge < -0.3 is 10.1 Å². The van der Waals surface area contributed by atoms with Crippen LogP contribution in [0.15, 0.2) is 36.5 Å². The molecule has 0 amide bonds. The molecule has 1 N–H and O–H groups in total. The number of rotatable bonds is 3. The Kier molecular flexibility index (Phi) is 4.31. The van der Waals surface area contributed by atoms with E-state index in [4.69, 9.17) is 16.3 Å². The number of ether oxygens (including phenoxy) is 1. The molecule has 0 aliphatic carbocycles. The molecule has 24 heavy (non-hydrogen) atoms. The van der Waals surface area contributed by atoms with Gasteiger partial charge in [-0.15, -0.1) is 0 Å². The van der Waals surface area contributed by atoms with Gasteiger partial charge in [0.1, 0.15) is 11.4 Å². The van der Waals surface area contributed by atoms with E-state index < -0.39 is 11.8 Å². The topological polar surface area (TPSA) is 64.1 Å². The van der Waals surface area contributed by atoms with Crippen LogP contribution < -0.4 is 5.32 Å². The fourth-order valence-corrected chi connectivity index (χ4v) is 2.46. The lowest BCUT2D eigenvalue weighted by Gasteiger charge is -2.14. The van der Waals surface area contributed by atoms with Gasteiger partial charge in [0.15, 0.2) is 5.65 Å². The van der Waals surface area contributed by atoms with E-state index in [2.05, 4.69) is 15.3 Å². The van der Waals surface area contributed by atoms with Gasteiger partial charge in [0, 0.05) is 22.3 Å². The minimum absolute atomic E-state index is 0.178. The van der Waals surface area contributed by atoms with Crippen molar-refractivity contribution in [3.63, 3.8) is 0 Å².